The van der Waals surface area contributed by atoms with E-state index in [9.17, 15) is 4.79 Å². The number of anilines is 2. The average molecular weight is 351 g/mol. The zero-order valence-corrected chi connectivity index (χ0v) is 14.0. The Morgan fingerprint density at radius 1 is 1.26 bits per heavy atom. The van der Waals surface area contributed by atoms with Gasteiger partial charge in [-0.05, 0) is 31.2 Å². The minimum atomic E-state index is -0.312. The summed E-state index contributed by atoms with van der Waals surface area (Å²) >= 11 is 11.9. The van der Waals surface area contributed by atoms with Crippen molar-refractivity contribution < 1.29 is 9.53 Å². The maximum atomic E-state index is 12.0. The summed E-state index contributed by atoms with van der Waals surface area (Å²) in [7, 11) is 0. The molecule has 0 heterocycles. The number of para-hydroxylation sites is 1. The average Bonchev–Trinajstić information content (AvgIpc) is 2.52. The van der Waals surface area contributed by atoms with Gasteiger partial charge in [-0.25, -0.2) is 0 Å². The smallest absolute Gasteiger partial charge is 0.248 e. The topological polar surface area (TPSA) is 64.3 Å². The van der Waals surface area contributed by atoms with Gasteiger partial charge in [0.25, 0.3) is 0 Å². The molecule has 23 heavy (non-hydrogen) atoms. The molecule has 6 heteroatoms. The van der Waals surface area contributed by atoms with Gasteiger partial charge in [-0.15, -0.1) is 0 Å². The third kappa shape index (κ3) is 4.65. The molecule has 0 unspecified atom stereocenters. The Hall–Kier alpha value is -2.17. The molecule has 1 amide bonds. The summed E-state index contributed by atoms with van der Waals surface area (Å²) in [5.41, 5.74) is 7.23. The summed E-state index contributed by atoms with van der Waals surface area (Å²) in [6.45, 7) is 2.46. The fraction of sp³-hybridized carbons (Fsp3) is 0.118. The highest BCUT2D eigenvalue weighted by molar-refractivity contribution is 6.39. The highest BCUT2D eigenvalue weighted by Gasteiger charge is 2.06. The molecule has 0 aliphatic heterocycles. The normalized spacial score (nSPS) is 10.7. The van der Waals surface area contributed by atoms with Crippen molar-refractivity contribution in [3.05, 3.63) is 58.1 Å². The molecule has 0 bridgehead atoms. The van der Waals surface area contributed by atoms with Crippen molar-refractivity contribution in [3.63, 3.8) is 0 Å². The van der Waals surface area contributed by atoms with Gasteiger partial charge >= 0.3 is 0 Å². The van der Waals surface area contributed by atoms with Gasteiger partial charge < -0.3 is 15.8 Å². The maximum Gasteiger partial charge on any atom is 0.248 e. The number of hydrogen-bond donors (Lipinski definition) is 2. The lowest BCUT2D eigenvalue weighted by Gasteiger charge is -2.07. The molecule has 2 aromatic rings. The fourth-order valence-electron chi connectivity index (χ4n) is 1.91. The molecule has 120 valence electrons. The largest absolute Gasteiger partial charge is 0.493 e. The zero-order valence-electron chi connectivity index (χ0n) is 12.5. The van der Waals surface area contributed by atoms with Crippen molar-refractivity contribution in [2.75, 3.05) is 17.7 Å². The molecule has 2 rings (SSSR count). The standard InChI is InChI=1S/C17H16Cl2N2O2/c1-2-23-15-6-4-3-5-11(15)7-8-16(22)21-12-9-13(18)17(20)14(19)10-12/h3-10H,2,20H2,1H3,(H,21,22)/b8-7+. The van der Waals surface area contributed by atoms with Crippen LogP contribution in [0.3, 0.4) is 0 Å². The Morgan fingerprint density at radius 3 is 2.57 bits per heavy atom. The number of halogens is 2. The van der Waals surface area contributed by atoms with E-state index in [1.165, 1.54) is 6.08 Å². The predicted octanol–water partition coefficient (Wildman–Crippen LogP) is 4.63. The van der Waals surface area contributed by atoms with Crippen LogP contribution in [0.1, 0.15) is 12.5 Å². The van der Waals surface area contributed by atoms with Crippen LogP contribution in [-0.4, -0.2) is 12.5 Å². The molecule has 2 aromatic carbocycles. The summed E-state index contributed by atoms with van der Waals surface area (Å²) in [4.78, 5) is 12.0. The van der Waals surface area contributed by atoms with Crippen LogP contribution in [0.5, 0.6) is 5.75 Å². The van der Waals surface area contributed by atoms with Gasteiger partial charge in [0.15, 0.2) is 0 Å². The quantitative estimate of drug-likeness (QED) is 0.610. The van der Waals surface area contributed by atoms with E-state index in [0.717, 1.165) is 11.3 Å². The summed E-state index contributed by atoms with van der Waals surface area (Å²) in [5, 5.41) is 3.26. The number of amides is 1. The second-order valence-electron chi connectivity index (χ2n) is 4.65. The molecule has 0 atom stereocenters. The Morgan fingerprint density at radius 2 is 1.91 bits per heavy atom. The van der Waals surface area contributed by atoms with Crippen LogP contribution in [0.4, 0.5) is 11.4 Å². The van der Waals surface area contributed by atoms with Crippen LogP contribution < -0.4 is 15.8 Å². The fourth-order valence-corrected chi connectivity index (χ4v) is 2.40. The van der Waals surface area contributed by atoms with Crippen LogP contribution in [0, 0.1) is 0 Å². The maximum absolute atomic E-state index is 12.0. The van der Waals surface area contributed by atoms with Crippen LogP contribution in [0.25, 0.3) is 6.08 Å². The minimum Gasteiger partial charge on any atom is -0.493 e. The number of rotatable bonds is 5. The number of hydrogen-bond acceptors (Lipinski definition) is 3. The Balaban J connectivity index is 2.11. The molecule has 0 spiro atoms. The van der Waals surface area contributed by atoms with E-state index in [0.29, 0.717) is 22.3 Å². The molecule has 0 aliphatic carbocycles. The number of nitrogens with one attached hydrogen (secondary N) is 1. The van der Waals surface area contributed by atoms with Crippen molar-refractivity contribution in [2.24, 2.45) is 0 Å². The number of nitrogens with two attached hydrogens (primary N) is 1. The highest BCUT2D eigenvalue weighted by atomic mass is 35.5. The molecule has 0 aromatic heterocycles. The summed E-state index contributed by atoms with van der Waals surface area (Å²) < 4.78 is 5.50. The van der Waals surface area contributed by atoms with Gasteiger partial charge in [-0.2, -0.15) is 0 Å². The third-order valence-electron chi connectivity index (χ3n) is 2.98. The molecule has 4 nitrogen and oxygen atoms in total. The molecule has 0 radical (unpaired) electrons. The van der Waals surface area contributed by atoms with Gasteiger partial charge in [-0.3, -0.25) is 4.79 Å². The molecule has 0 fully saturated rings. The summed E-state index contributed by atoms with van der Waals surface area (Å²) in [6, 6.07) is 10.6. The number of benzene rings is 2. The van der Waals surface area contributed by atoms with Crippen LogP contribution >= 0.6 is 23.2 Å². The van der Waals surface area contributed by atoms with E-state index in [1.54, 1.807) is 18.2 Å². The van der Waals surface area contributed by atoms with E-state index in [4.69, 9.17) is 33.7 Å². The lowest BCUT2D eigenvalue weighted by atomic mass is 10.2. The van der Waals surface area contributed by atoms with Crippen molar-refractivity contribution in [1.29, 1.82) is 0 Å². The Bertz CT molecular complexity index is 722. The molecule has 3 N–H and O–H groups in total. The highest BCUT2D eigenvalue weighted by Crippen LogP contribution is 2.31. The first-order valence-corrected chi connectivity index (χ1v) is 7.72. The second-order valence-corrected chi connectivity index (χ2v) is 5.46. The molecule has 0 aliphatic rings. The molecular formula is C17H16Cl2N2O2. The zero-order chi connectivity index (χ0) is 16.8. The predicted molar refractivity (Wildman–Crippen MR) is 96.1 cm³/mol. The first kappa shape index (κ1) is 17.2. The van der Waals surface area contributed by atoms with E-state index < -0.39 is 0 Å². The molecular weight excluding hydrogens is 335 g/mol. The first-order valence-electron chi connectivity index (χ1n) is 6.96. The van der Waals surface area contributed by atoms with Crippen molar-refractivity contribution >= 4 is 46.6 Å². The number of nitrogen functional groups attached to an aromatic ring is 1. The molecule has 0 saturated carbocycles. The second kappa shape index (κ2) is 7.90. The van der Waals surface area contributed by atoms with Gasteiger partial charge in [0.05, 0.1) is 22.3 Å². The van der Waals surface area contributed by atoms with Crippen LogP contribution in [0.2, 0.25) is 10.0 Å². The van der Waals surface area contributed by atoms with E-state index in [1.807, 2.05) is 31.2 Å². The van der Waals surface area contributed by atoms with Gasteiger partial charge in [0.1, 0.15) is 5.75 Å². The van der Waals surface area contributed by atoms with Gasteiger partial charge in [-0.1, -0.05) is 41.4 Å². The SMILES string of the molecule is CCOc1ccccc1/C=C/C(=O)Nc1cc(Cl)c(N)c(Cl)c1. The van der Waals surface area contributed by atoms with Crippen LogP contribution in [-0.2, 0) is 4.79 Å². The number of carbonyl (C=O) groups excluding carboxylic acids is 1. The van der Waals surface area contributed by atoms with E-state index in [-0.39, 0.29) is 11.6 Å². The van der Waals surface area contributed by atoms with E-state index in [2.05, 4.69) is 5.32 Å². The summed E-state index contributed by atoms with van der Waals surface area (Å²) in [6.07, 6.45) is 3.09. The monoisotopic (exact) mass is 350 g/mol. The number of carbonyl (C=O) groups is 1. The Labute approximate surface area is 144 Å². The van der Waals surface area contributed by atoms with Crippen molar-refractivity contribution in [3.8, 4) is 5.75 Å². The third-order valence-corrected chi connectivity index (χ3v) is 3.61. The lowest BCUT2D eigenvalue weighted by Crippen LogP contribution is -2.08. The van der Waals surface area contributed by atoms with E-state index >= 15 is 0 Å². The van der Waals surface area contributed by atoms with Gasteiger partial charge in [0.2, 0.25) is 5.91 Å². The first-order chi connectivity index (χ1) is 11.0. The van der Waals surface area contributed by atoms with Crippen molar-refractivity contribution in [2.45, 2.75) is 6.92 Å². The van der Waals surface area contributed by atoms with Crippen LogP contribution in [0.15, 0.2) is 42.5 Å². The lowest BCUT2D eigenvalue weighted by molar-refractivity contribution is -0.111. The van der Waals surface area contributed by atoms with Crippen molar-refractivity contribution in [1.82, 2.24) is 0 Å². The van der Waals surface area contributed by atoms with Gasteiger partial charge in [0, 0.05) is 17.3 Å². The Kier molecular flexibility index (Phi) is 5.90. The summed E-state index contributed by atoms with van der Waals surface area (Å²) in [5.74, 6) is 0.408. The number of ether oxygens (including phenoxy) is 1. The molecule has 0 saturated heterocycles. The minimum absolute atomic E-state index is 0.285.